The number of halogens is 6. The predicted molar refractivity (Wildman–Crippen MR) is 503 cm³/mol. The second-order valence-electron chi connectivity index (χ2n) is 28.1. The van der Waals surface area contributed by atoms with Gasteiger partial charge in [-0.3, -0.25) is 0 Å². The number of para-hydroxylation sites is 1. The van der Waals surface area contributed by atoms with Gasteiger partial charge in [0.2, 0.25) is 26.4 Å². The van der Waals surface area contributed by atoms with Crippen LogP contribution in [0.1, 0.15) is 6.85 Å². The van der Waals surface area contributed by atoms with E-state index in [1.807, 2.05) is 182 Å². The fraction of sp³-hybridized carbons (Fsp3) is 0. The van der Waals surface area contributed by atoms with E-state index in [0.717, 1.165) is 158 Å². The van der Waals surface area contributed by atoms with E-state index >= 15 is 0 Å². The molecule has 8 aromatic heterocycles. The summed E-state index contributed by atoms with van der Waals surface area (Å²) in [5, 5.41) is 16.9. The topological polar surface area (TPSA) is 142 Å². The van der Waals surface area contributed by atoms with Crippen molar-refractivity contribution in [3.8, 4) is 67.4 Å². The predicted octanol–water partition coefficient (Wildman–Crippen LogP) is 30.5. The SMILES string of the molecule is Clc1nc(-c2ccc3oc4ccccc4c3c2)c2ccc3ccccc3c2n1.Clc1nc(-c2cccc3ccccc23)c2sc3ccccc3c2n1.Clc1nc(-c2ccccc2)c2sc3ccccc3c2n1.Fc1ccc(-c2nc(Cl)nc3c2ccc2ccccc23)cc1.[2H]c1c([2H])c([2H])c(-c2cccc(-c3nc(Cl)nc4c3ccc3ccccc34)c2)c([2H])c1[2H]. The lowest BCUT2D eigenvalue weighted by atomic mass is 9.98. The third-order valence-corrected chi connectivity index (χ3v) is 24.0. The average molecular weight is 1710 g/mol. The summed E-state index contributed by atoms with van der Waals surface area (Å²) in [6, 6.07) is 103. The molecule has 0 N–H and O–H groups in total. The number of rotatable bonds is 6. The van der Waals surface area contributed by atoms with Crippen LogP contribution in [-0.2, 0) is 0 Å². The van der Waals surface area contributed by atoms with Gasteiger partial charge < -0.3 is 4.42 Å². The van der Waals surface area contributed by atoms with E-state index in [2.05, 4.69) is 147 Å². The Balaban J connectivity index is 0.000000100. The Bertz CT molecular complexity index is 8480. The van der Waals surface area contributed by atoms with Gasteiger partial charge in [-0.15, -0.1) is 22.7 Å². The first-order valence-electron chi connectivity index (χ1n) is 40.6. The minimum atomic E-state index is -0.416. The second-order valence-corrected chi connectivity index (χ2v) is 31.9. The lowest BCUT2D eigenvalue weighted by Crippen LogP contribution is -1.93. The quantitative estimate of drug-likeness (QED) is 0.116. The molecule has 0 bridgehead atoms. The highest BCUT2D eigenvalue weighted by atomic mass is 35.5. The van der Waals surface area contributed by atoms with Crippen LogP contribution in [0.4, 0.5) is 4.39 Å². The zero-order valence-electron chi connectivity index (χ0n) is 68.1. The highest BCUT2D eigenvalue weighted by Gasteiger charge is 2.21. The van der Waals surface area contributed by atoms with Crippen LogP contribution in [-0.4, -0.2) is 49.8 Å². The normalized spacial score (nSPS) is 12.0. The summed E-state index contributed by atoms with van der Waals surface area (Å²) in [7, 11) is 0. The second kappa shape index (κ2) is 32.9. The van der Waals surface area contributed by atoms with E-state index in [9.17, 15) is 4.39 Å². The summed E-state index contributed by atoms with van der Waals surface area (Å²) in [5.74, 6) is -0.279. The molecule has 0 amide bonds. The summed E-state index contributed by atoms with van der Waals surface area (Å²) in [6.45, 7) is 0. The van der Waals surface area contributed by atoms with Crippen molar-refractivity contribution >= 4 is 219 Å². The van der Waals surface area contributed by atoms with Gasteiger partial charge in [0.1, 0.15) is 17.0 Å². The van der Waals surface area contributed by atoms with E-state index < -0.39 is 6.04 Å². The van der Waals surface area contributed by atoms with Crippen LogP contribution < -0.4 is 0 Å². The van der Waals surface area contributed by atoms with Gasteiger partial charge in [-0.25, -0.2) is 54.2 Å². The van der Waals surface area contributed by atoms with Crippen molar-refractivity contribution in [1.29, 1.82) is 0 Å². The van der Waals surface area contributed by atoms with E-state index in [1.165, 1.54) is 32.3 Å². The van der Waals surface area contributed by atoms with E-state index in [1.54, 1.807) is 53.0 Å². The maximum absolute atomic E-state index is 13.1. The van der Waals surface area contributed by atoms with Gasteiger partial charge >= 0.3 is 0 Å². The van der Waals surface area contributed by atoms with Gasteiger partial charge in [0.15, 0.2) is 0 Å². The molecule has 24 rings (SSSR count). The van der Waals surface area contributed by atoms with Crippen LogP contribution in [0.25, 0.3) is 206 Å². The zero-order chi connectivity index (χ0) is 86.0. The van der Waals surface area contributed by atoms with Gasteiger partial charge in [-0.05, 0) is 181 Å². The first-order valence-corrected chi connectivity index (χ1v) is 41.7. The van der Waals surface area contributed by atoms with Crippen LogP contribution in [0.3, 0.4) is 0 Å². The largest absolute Gasteiger partial charge is 0.456 e. The number of thiophene rings is 2. The number of hydrogen-bond acceptors (Lipinski definition) is 13. The van der Waals surface area contributed by atoms with Gasteiger partial charge in [-0.1, -0.05) is 267 Å². The van der Waals surface area contributed by atoms with E-state index in [-0.39, 0.29) is 56.7 Å². The molecule has 0 aliphatic carbocycles. The minimum Gasteiger partial charge on any atom is -0.456 e. The number of aromatic nitrogens is 10. The first kappa shape index (κ1) is 70.4. The molecule has 0 spiro atoms. The van der Waals surface area contributed by atoms with Gasteiger partial charge in [0.25, 0.3) is 0 Å². The Morgan fingerprint density at radius 2 is 0.620 bits per heavy atom. The highest BCUT2D eigenvalue weighted by molar-refractivity contribution is 7.26. The maximum Gasteiger partial charge on any atom is 0.223 e. The third kappa shape index (κ3) is 15.1. The summed E-state index contributed by atoms with van der Waals surface area (Å²) in [5.41, 5.74) is 15.3. The Morgan fingerprint density at radius 1 is 0.248 bits per heavy atom. The summed E-state index contributed by atoms with van der Waals surface area (Å²) < 4.78 is 64.0. The number of fused-ring (bicyclic) bond motifs is 19. The lowest BCUT2D eigenvalue weighted by molar-refractivity contribution is 0.628. The minimum absolute atomic E-state index is 0.108. The third-order valence-electron chi connectivity index (χ3n) is 20.9. The molecule has 0 saturated carbocycles. The molecule has 24 aromatic rings. The molecule has 19 heteroatoms. The molecule has 8 heterocycles. The highest BCUT2D eigenvalue weighted by Crippen LogP contribution is 2.44. The Kier molecular flexibility index (Phi) is 19.2. The maximum atomic E-state index is 13.1. The standard InChI is InChI=1S/C24H13ClN2O.C24H15ClN2.C20H11ClN2S.C18H10ClFN2.C16H9ClN2S/c25-24-26-22(18-11-9-14-5-1-2-6-16(14)23(18)27-24)15-10-12-21-19(13-15)17-7-3-4-8-20(17)28-21;25-24-26-22(19-11-6-10-18(15-19)16-7-2-1-3-8-16)21-14-13-17-9-4-5-12-20(17)23(21)27-24;21-20-22-17(14-10-5-7-12-6-1-2-8-13(12)14)19-18(23-20)15-9-3-4-11-16(15)24-19;19-18-21-16(12-5-8-13(20)9-6-12)15-10-7-11-3-1-2-4-14(11)17(15)22-18;17-16-18-13(10-6-2-1-3-7-10)15-14(19-16)11-8-4-5-9-12(11)20-15/h1-13H;1-15H;1-11H;1-10H;1-9H/i;1D,2D,3D,7D,8D;;;. The smallest absolute Gasteiger partial charge is 0.223 e. The first-order chi connectivity index (χ1) is 61.5. The fourth-order valence-corrected chi connectivity index (χ4v) is 18.5. The summed E-state index contributed by atoms with van der Waals surface area (Å²) in [6.07, 6.45) is 0. The summed E-state index contributed by atoms with van der Waals surface area (Å²) >= 11 is 34.5. The monoisotopic (exact) mass is 1700 g/mol. The molecule has 16 aromatic carbocycles. The van der Waals surface area contributed by atoms with Crippen molar-refractivity contribution in [2.45, 2.75) is 0 Å². The molecule has 0 fully saturated rings. The van der Waals surface area contributed by atoms with Gasteiger partial charge in [0, 0.05) is 91.1 Å². The lowest BCUT2D eigenvalue weighted by Gasteiger charge is -2.10. The van der Waals surface area contributed by atoms with Crippen molar-refractivity contribution in [2.75, 3.05) is 0 Å². The molecule has 121 heavy (non-hydrogen) atoms. The summed E-state index contributed by atoms with van der Waals surface area (Å²) in [4.78, 5) is 44.7. The number of benzene rings is 16. The van der Waals surface area contributed by atoms with Crippen LogP contribution in [0, 0.1) is 5.82 Å². The molecule has 0 atom stereocenters. The number of hydrogen-bond donors (Lipinski definition) is 0. The van der Waals surface area contributed by atoms with Crippen molar-refractivity contribution < 1.29 is 15.7 Å². The average Bonchev–Trinajstić information content (AvgIpc) is 1.63. The van der Waals surface area contributed by atoms with E-state index in [0.29, 0.717) is 27.8 Å². The molecule has 0 aliphatic heterocycles. The molecule has 576 valence electrons. The molecule has 0 unspecified atom stereocenters. The molecular formula is C102H58Cl5FN10OS2. The number of furan rings is 1. The molecule has 0 aliphatic rings. The zero-order valence-corrected chi connectivity index (χ0v) is 68.5. The molecule has 0 saturated heterocycles. The van der Waals surface area contributed by atoms with E-state index in [4.69, 9.17) is 69.3 Å². The van der Waals surface area contributed by atoms with Gasteiger partial charge in [0.05, 0.1) is 72.3 Å². The molecule has 11 nitrogen and oxygen atoms in total. The van der Waals surface area contributed by atoms with Crippen molar-refractivity contribution in [2.24, 2.45) is 0 Å². The Hall–Kier alpha value is -13.6. The van der Waals surface area contributed by atoms with Crippen LogP contribution >= 0.6 is 80.7 Å². The molecular weight excluding hydrogens is 1640 g/mol. The Labute approximate surface area is 730 Å². The number of nitrogens with zero attached hydrogens (tertiary/aromatic N) is 10. The van der Waals surface area contributed by atoms with Crippen LogP contribution in [0.5, 0.6) is 0 Å². The van der Waals surface area contributed by atoms with Crippen LogP contribution in [0.2, 0.25) is 26.4 Å². The fourth-order valence-electron chi connectivity index (χ4n) is 15.4. The van der Waals surface area contributed by atoms with Gasteiger partial charge in [-0.2, -0.15) is 0 Å². The van der Waals surface area contributed by atoms with Crippen LogP contribution in [0.15, 0.2) is 356 Å². The Morgan fingerprint density at radius 3 is 1.17 bits per heavy atom. The molecule has 0 radical (unpaired) electrons. The van der Waals surface area contributed by atoms with Crippen molar-refractivity contribution in [1.82, 2.24) is 49.8 Å². The van der Waals surface area contributed by atoms with Crippen molar-refractivity contribution in [3.63, 3.8) is 0 Å². The van der Waals surface area contributed by atoms with Crippen molar-refractivity contribution in [3.05, 3.63) is 384 Å².